The van der Waals surface area contributed by atoms with Crippen molar-refractivity contribution in [1.29, 1.82) is 5.26 Å². The summed E-state index contributed by atoms with van der Waals surface area (Å²) in [5.41, 5.74) is 0.0972. The molecule has 5 heteroatoms. The van der Waals surface area contributed by atoms with Gasteiger partial charge in [-0.1, -0.05) is 20.3 Å². The molecule has 1 rings (SSSR count). The molecular weight excluding hydrogens is 220 g/mol. The zero-order chi connectivity index (χ0) is 12.8. The van der Waals surface area contributed by atoms with E-state index in [0.29, 0.717) is 12.5 Å². The molecule has 0 saturated heterocycles. The van der Waals surface area contributed by atoms with Crippen LogP contribution in [0, 0.1) is 27.4 Å². The lowest BCUT2D eigenvalue weighted by molar-refractivity contribution is -0.385. The molecule has 90 valence electrons. The minimum Gasteiger partial charge on any atom is -0.487 e. The van der Waals surface area contributed by atoms with Gasteiger partial charge in [-0.15, -0.1) is 0 Å². The van der Waals surface area contributed by atoms with Crippen LogP contribution in [0.2, 0.25) is 0 Å². The number of nitrogens with zero attached hydrogens (tertiary/aromatic N) is 2. The van der Waals surface area contributed by atoms with Crippen LogP contribution >= 0.6 is 0 Å². The quantitative estimate of drug-likeness (QED) is 0.579. The molecule has 0 aliphatic carbocycles. The first-order valence-corrected chi connectivity index (χ1v) is 5.39. The van der Waals surface area contributed by atoms with Crippen LogP contribution in [-0.4, -0.2) is 11.5 Å². The Bertz CT molecular complexity index is 452. The molecule has 0 saturated carbocycles. The van der Waals surface area contributed by atoms with Gasteiger partial charge in [-0.3, -0.25) is 10.1 Å². The zero-order valence-corrected chi connectivity index (χ0v) is 9.84. The summed E-state index contributed by atoms with van der Waals surface area (Å²) >= 11 is 0. The van der Waals surface area contributed by atoms with Gasteiger partial charge in [0.2, 0.25) is 0 Å². The van der Waals surface area contributed by atoms with Crippen LogP contribution in [0.5, 0.6) is 5.75 Å². The topological polar surface area (TPSA) is 76.2 Å². The summed E-state index contributed by atoms with van der Waals surface area (Å²) < 4.78 is 5.40. The smallest absolute Gasteiger partial charge is 0.312 e. The molecule has 0 heterocycles. The molecule has 0 radical (unpaired) electrons. The average molecular weight is 234 g/mol. The third kappa shape index (κ3) is 3.45. The van der Waals surface area contributed by atoms with E-state index in [1.807, 2.05) is 19.9 Å². The Morgan fingerprint density at radius 2 is 2.29 bits per heavy atom. The van der Waals surface area contributed by atoms with Crippen molar-refractivity contribution in [3.05, 3.63) is 33.9 Å². The number of nitriles is 1. The van der Waals surface area contributed by atoms with Gasteiger partial charge in [0.15, 0.2) is 5.75 Å². The molecule has 0 aliphatic rings. The standard InChI is InChI=1S/C12H14N2O3/c1-3-9(2)8-17-12-5-4-10(7-13)6-11(12)14(15)16/h4-6,9H,3,8H2,1-2H3. The van der Waals surface area contributed by atoms with Gasteiger partial charge in [-0.25, -0.2) is 0 Å². The molecule has 1 aromatic rings. The van der Waals surface area contributed by atoms with E-state index in [-0.39, 0.29) is 17.0 Å². The highest BCUT2D eigenvalue weighted by Gasteiger charge is 2.16. The molecule has 0 fully saturated rings. The van der Waals surface area contributed by atoms with Crippen LogP contribution in [0.4, 0.5) is 5.69 Å². The second kappa shape index (κ2) is 5.85. The minimum absolute atomic E-state index is 0.160. The monoisotopic (exact) mass is 234 g/mol. The van der Waals surface area contributed by atoms with E-state index in [2.05, 4.69) is 0 Å². The molecule has 0 aromatic heterocycles. The van der Waals surface area contributed by atoms with Gasteiger partial charge in [-0.05, 0) is 18.1 Å². The van der Waals surface area contributed by atoms with E-state index in [4.69, 9.17) is 10.00 Å². The van der Waals surface area contributed by atoms with Crippen molar-refractivity contribution < 1.29 is 9.66 Å². The summed E-state index contributed by atoms with van der Waals surface area (Å²) in [7, 11) is 0. The molecule has 5 nitrogen and oxygen atoms in total. The van der Waals surface area contributed by atoms with Crippen LogP contribution in [0.25, 0.3) is 0 Å². The third-order valence-corrected chi connectivity index (χ3v) is 2.51. The van der Waals surface area contributed by atoms with Gasteiger partial charge in [-0.2, -0.15) is 5.26 Å². The van der Waals surface area contributed by atoms with Crippen LogP contribution in [0.1, 0.15) is 25.8 Å². The lowest BCUT2D eigenvalue weighted by Crippen LogP contribution is -2.08. The second-order valence-electron chi connectivity index (χ2n) is 3.88. The molecule has 0 aliphatic heterocycles. The number of hydrogen-bond donors (Lipinski definition) is 0. The van der Waals surface area contributed by atoms with Crippen molar-refractivity contribution in [1.82, 2.24) is 0 Å². The highest BCUT2D eigenvalue weighted by atomic mass is 16.6. The Labute approximate surface area is 99.8 Å². The summed E-state index contributed by atoms with van der Waals surface area (Å²) in [4.78, 5) is 10.3. The number of hydrogen-bond acceptors (Lipinski definition) is 4. The van der Waals surface area contributed by atoms with Crippen molar-refractivity contribution in [2.75, 3.05) is 6.61 Å². The molecule has 0 amide bonds. The average Bonchev–Trinajstić information content (AvgIpc) is 2.35. The Kier molecular flexibility index (Phi) is 4.46. The lowest BCUT2D eigenvalue weighted by atomic mass is 10.1. The first-order chi connectivity index (χ1) is 8.08. The Balaban J connectivity index is 2.92. The number of ether oxygens (including phenoxy) is 1. The van der Waals surface area contributed by atoms with E-state index < -0.39 is 4.92 Å². The molecule has 0 spiro atoms. The van der Waals surface area contributed by atoms with Crippen molar-refractivity contribution in [2.45, 2.75) is 20.3 Å². The molecule has 17 heavy (non-hydrogen) atoms. The second-order valence-corrected chi connectivity index (χ2v) is 3.88. The van der Waals surface area contributed by atoms with Gasteiger partial charge in [0, 0.05) is 6.07 Å². The van der Waals surface area contributed by atoms with Gasteiger partial charge >= 0.3 is 5.69 Å². The highest BCUT2D eigenvalue weighted by molar-refractivity contribution is 5.51. The van der Waals surface area contributed by atoms with E-state index >= 15 is 0 Å². The van der Waals surface area contributed by atoms with Crippen LogP contribution < -0.4 is 4.74 Å². The van der Waals surface area contributed by atoms with Crippen molar-refractivity contribution in [2.24, 2.45) is 5.92 Å². The highest BCUT2D eigenvalue weighted by Crippen LogP contribution is 2.28. The fourth-order valence-corrected chi connectivity index (χ4v) is 1.20. The minimum atomic E-state index is -0.535. The summed E-state index contributed by atoms with van der Waals surface area (Å²) in [5.74, 6) is 0.555. The summed E-state index contributed by atoms with van der Waals surface area (Å²) in [6, 6.07) is 6.08. The Morgan fingerprint density at radius 1 is 1.59 bits per heavy atom. The first-order valence-electron chi connectivity index (χ1n) is 5.39. The first kappa shape index (κ1) is 13.0. The number of rotatable bonds is 5. The van der Waals surface area contributed by atoms with E-state index in [0.717, 1.165) is 6.42 Å². The number of nitro groups is 1. The van der Waals surface area contributed by atoms with Crippen LogP contribution in [0.15, 0.2) is 18.2 Å². The molecule has 0 bridgehead atoms. The van der Waals surface area contributed by atoms with Crippen molar-refractivity contribution >= 4 is 5.69 Å². The van der Waals surface area contributed by atoms with Crippen LogP contribution in [-0.2, 0) is 0 Å². The molecule has 1 aromatic carbocycles. The van der Waals surface area contributed by atoms with E-state index in [9.17, 15) is 10.1 Å². The number of nitro benzene ring substituents is 1. The van der Waals surface area contributed by atoms with Gasteiger partial charge in [0.05, 0.1) is 23.2 Å². The van der Waals surface area contributed by atoms with E-state index in [1.54, 1.807) is 0 Å². The van der Waals surface area contributed by atoms with Crippen molar-refractivity contribution in [3.8, 4) is 11.8 Å². The zero-order valence-electron chi connectivity index (χ0n) is 9.84. The fourth-order valence-electron chi connectivity index (χ4n) is 1.20. The predicted molar refractivity (Wildman–Crippen MR) is 62.8 cm³/mol. The molecule has 1 atom stereocenters. The summed E-state index contributed by atoms with van der Waals surface area (Å²) in [5, 5.41) is 19.5. The van der Waals surface area contributed by atoms with Gasteiger partial charge in [0.25, 0.3) is 0 Å². The Morgan fingerprint density at radius 3 is 2.82 bits per heavy atom. The Hall–Kier alpha value is -2.09. The SMILES string of the molecule is CCC(C)COc1ccc(C#N)cc1[N+](=O)[O-]. The van der Waals surface area contributed by atoms with Gasteiger partial charge < -0.3 is 4.74 Å². The maximum atomic E-state index is 10.8. The molecule has 1 unspecified atom stereocenters. The lowest BCUT2D eigenvalue weighted by Gasteiger charge is -2.10. The molecular formula is C12H14N2O3. The maximum Gasteiger partial charge on any atom is 0.312 e. The van der Waals surface area contributed by atoms with Crippen LogP contribution in [0.3, 0.4) is 0 Å². The normalized spacial score (nSPS) is 11.6. The summed E-state index contributed by atoms with van der Waals surface area (Å²) in [6.07, 6.45) is 0.948. The molecule has 0 N–H and O–H groups in total. The predicted octanol–water partition coefficient (Wildman–Crippen LogP) is 2.89. The largest absolute Gasteiger partial charge is 0.487 e. The van der Waals surface area contributed by atoms with E-state index in [1.165, 1.54) is 18.2 Å². The van der Waals surface area contributed by atoms with Crippen molar-refractivity contribution in [3.63, 3.8) is 0 Å². The third-order valence-electron chi connectivity index (χ3n) is 2.51. The van der Waals surface area contributed by atoms with Gasteiger partial charge in [0.1, 0.15) is 0 Å². The fraction of sp³-hybridized carbons (Fsp3) is 0.417. The summed E-state index contributed by atoms with van der Waals surface area (Å²) in [6.45, 7) is 4.47. The maximum absolute atomic E-state index is 10.8. The number of benzene rings is 1.